The van der Waals surface area contributed by atoms with E-state index in [0.717, 1.165) is 5.92 Å². The normalized spacial score (nSPS) is 12.5. The van der Waals surface area contributed by atoms with E-state index in [1.165, 1.54) is 63.4 Å². The largest absolute Gasteiger partial charge is 0.0859 e. The van der Waals surface area contributed by atoms with Crippen molar-refractivity contribution in [3.05, 3.63) is 11.6 Å². The molecule has 0 bridgehead atoms. The van der Waals surface area contributed by atoms with Crippen molar-refractivity contribution in [3.63, 3.8) is 0 Å². The van der Waals surface area contributed by atoms with E-state index in [1.807, 2.05) is 0 Å². The minimum absolute atomic E-state index is 0.988. The molecule has 0 amide bonds. The Labute approximate surface area is 104 Å². The zero-order valence-electron chi connectivity index (χ0n) is 12.0. The van der Waals surface area contributed by atoms with Gasteiger partial charge in [-0.05, 0) is 32.6 Å². The first kappa shape index (κ1) is 15.7. The van der Waals surface area contributed by atoms with E-state index in [2.05, 4.69) is 33.8 Å². The first-order chi connectivity index (χ1) is 7.70. The zero-order valence-corrected chi connectivity index (χ0v) is 12.0. The summed E-state index contributed by atoms with van der Waals surface area (Å²) in [6, 6.07) is 0. The van der Waals surface area contributed by atoms with Crippen molar-refractivity contribution < 1.29 is 0 Å². The van der Waals surface area contributed by atoms with Gasteiger partial charge in [0.1, 0.15) is 0 Å². The third-order valence-electron chi connectivity index (χ3n) is 3.31. The highest BCUT2D eigenvalue weighted by Crippen LogP contribution is 2.22. The van der Waals surface area contributed by atoms with Crippen LogP contribution in [0.2, 0.25) is 0 Å². The van der Waals surface area contributed by atoms with E-state index in [1.54, 1.807) is 0 Å². The number of hydrogen-bond donors (Lipinski definition) is 0. The molecule has 0 spiro atoms. The topological polar surface area (TPSA) is 0 Å². The molecule has 0 aromatic rings. The van der Waals surface area contributed by atoms with Crippen molar-refractivity contribution in [2.75, 3.05) is 0 Å². The van der Waals surface area contributed by atoms with Crippen LogP contribution in [-0.4, -0.2) is 0 Å². The maximum Gasteiger partial charge on any atom is -0.0346 e. The molecule has 1 atom stereocenters. The maximum absolute atomic E-state index is 2.40. The van der Waals surface area contributed by atoms with Crippen molar-refractivity contribution in [2.24, 2.45) is 5.92 Å². The van der Waals surface area contributed by atoms with E-state index in [9.17, 15) is 0 Å². The van der Waals surface area contributed by atoms with Gasteiger partial charge in [-0.25, -0.2) is 0 Å². The molecule has 1 unspecified atom stereocenters. The number of allylic oxidation sites excluding steroid dienone is 2. The van der Waals surface area contributed by atoms with Crippen LogP contribution in [0.4, 0.5) is 0 Å². The SMILES string of the molecule is CCCCCC(CCC=C(C)C)CCCC. The van der Waals surface area contributed by atoms with Crippen LogP contribution in [-0.2, 0) is 0 Å². The Balaban J connectivity index is 3.75. The van der Waals surface area contributed by atoms with Gasteiger partial charge in [0.2, 0.25) is 0 Å². The van der Waals surface area contributed by atoms with Gasteiger partial charge in [0.15, 0.2) is 0 Å². The van der Waals surface area contributed by atoms with Crippen molar-refractivity contribution in [2.45, 2.75) is 85.5 Å². The summed E-state index contributed by atoms with van der Waals surface area (Å²) in [4.78, 5) is 0. The molecule has 96 valence electrons. The lowest BCUT2D eigenvalue weighted by Gasteiger charge is -2.15. The summed E-state index contributed by atoms with van der Waals surface area (Å²) in [5.41, 5.74) is 1.47. The van der Waals surface area contributed by atoms with Crippen molar-refractivity contribution >= 4 is 0 Å². The van der Waals surface area contributed by atoms with E-state index >= 15 is 0 Å². The van der Waals surface area contributed by atoms with Crippen LogP contribution < -0.4 is 0 Å². The van der Waals surface area contributed by atoms with Crippen molar-refractivity contribution in [1.29, 1.82) is 0 Å². The predicted octanol–water partition coefficient (Wildman–Crippen LogP) is 6.12. The fourth-order valence-corrected chi connectivity index (χ4v) is 2.22. The van der Waals surface area contributed by atoms with Gasteiger partial charge in [-0.15, -0.1) is 0 Å². The summed E-state index contributed by atoms with van der Waals surface area (Å²) in [6.45, 7) is 9.01. The monoisotopic (exact) mass is 224 g/mol. The molecule has 0 aromatic carbocycles. The van der Waals surface area contributed by atoms with Crippen molar-refractivity contribution in [3.8, 4) is 0 Å². The van der Waals surface area contributed by atoms with Crippen LogP contribution in [0.1, 0.15) is 85.5 Å². The molecular formula is C16H32. The molecule has 0 nitrogen and oxygen atoms in total. The van der Waals surface area contributed by atoms with Gasteiger partial charge in [-0.3, -0.25) is 0 Å². The summed E-state index contributed by atoms with van der Waals surface area (Å²) in [5, 5.41) is 0. The van der Waals surface area contributed by atoms with Crippen LogP contribution in [0.3, 0.4) is 0 Å². The van der Waals surface area contributed by atoms with E-state index in [-0.39, 0.29) is 0 Å². The van der Waals surface area contributed by atoms with Gasteiger partial charge in [0.25, 0.3) is 0 Å². The standard InChI is InChI=1S/C16H32/c1-5-7-9-13-16(12-8-6-2)14-10-11-15(3)4/h11,16H,5-10,12-14H2,1-4H3. The molecule has 16 heavy (non-hydrogen) atoms. The summed E-state index contributed by atoms with van der Waals surface area (Å²) in [6.07, 6.45) is 15.0. The smallest absolute Gasteiger partial charge is 0.0346 e. The maximum atomic E-state index is 2.40. The van der Waals surface area contributed by atoms with E-state index in [4.69, 9.17) is 0 Å². The van der Waals surface area contributed by atoms with E-state index < -0.39 is 0 Å². The third kappa shape index (κ3) is 10.3. The lowest BCUT2D eigenvalue weighted by molar-refractivity contribution is 0.392. The van der Waals surface area contributed by atoms with Crippen LogP contribution in [0.25, 0.3) is 0 Å². The second-order valence-corrected chi connectivity index (χ2v) is 5.36. The van der Waals surface area contributed by atoms with Crippen LogP contribution in [0.15, 0.2) is 11.6 Å². The highest BCUT2D eigenvalue weighted by atomic mass is 14.1. The van der Waals surface area contributed by atoms with Gasteiger partial charge in [0.05, 0.1) is 0 Å². The first-order valence-electron chi connectivity index (χ1n) is 7.34. The van der Waals surface area contributed by atoms with Crippen LogP contribution in [0.5, 0.6) is 0 Å². The minimum atomic E-state index is 0.988. The molecule has 0 fully saturated rings. The van der Waals surface area contributed by atoms with Crippen molar-refractivity contribution in [1.82, 2.24) is 0 Å². The lowest BCUT2D eigenvalue weighted by atomic mass is 9.91. The van der Waals surface area contributed by atoms with Gasteiger partial charge >= 0.3 is 0 Å². The van der Waals surface area contributed by atoms with Crippen LogP contribution >= 0.6 is 0 Å². The first-order valence-corrected chi connectivity index (χ1v) is 7.34. The van der Waals surface area contributed by atoms with E-state index in [0.29, 0.717) is 0 Å². The van der Waals surface area contributed by atoms with Gasteiger partial charge in [-0.1, -0.05) is 70.4 Å². The van der Waals surface area contributed by atoms with Crippen LogP contribution in [0, 0.1) is 5.92 Å². The fourth-order valence-electron chi connectivity index (χ4n) is 2.22. The Morgan fingerprint density at radius 3 is 2.06 bits per heavy atom. The predicted molar refractivity (Wildman–Crippen MR) is 75.8 cm³/mol. The quantitative estimate of drug-likeness (QED) is 0.310. The molecule has 0 aliphatic rings. The average Bonchev–Trinajstić information content (AvgIpc) is 2.25. The molecule has 0 aliphatic heterocycles. The minimum Gasteiger partial charge on any atom is -0.0859 e. The summed E-state index contributed by atoms with van der Waals surface area (Å²) >= 11 is 0. The molecule has 0 saturated carbocycles. The van der Waals surface area contributed by atoms with Gasteiger partial charge in [-0.2, -0.15) is 0 Å². The molecule has 0 rings (SSSR count). The Hall–Kier alpha value is -0.260. The highest BCUT2D eigenvalue weighted by molar-refractivity contribution is 4.92. The van der Waals surface area contributed by atoms with Gasteiger partial charge < -0.3 is 0 Å². The molecule has 0 saturated heterocycles. The Morgan fingerprint density at radius 1 is 0.875 bits per heavy atom. The fraction of sp³-hybridized carbons (Fsp3) is 0.875. The zero-order chi connectivity index (χ0) is 12.2. The number of unbranched alkanes of at least 4 members (excludes halogenated alkanes) is 3. The lowest BCUT2D eigenvalue weighted by Crippen LogP contribution is -2.00. The summed E-state index contributed by atoms with van der Waals surface area (Å²) in [5.74, 6) is 0.988. The Kier molecular flexibility index (Phi) is 11.0. The Bertz CT molecular complexity index is 163. The molecular weight excluding hydrogens is 192 g/mol. The molecule has 0 aliphatic carbocycles. The average molecular weight is 224 g/mol. The second kappa shape index (κ2) is 11.2. The summed E-state index contributed by atoms with van der Waals surface area (Å²) < 4.78 is 0. The molecule has 0 heterocycles. The third-order valence-corrected chi connectivity index (χ3v) is 3.31. The van der Waals surface area contributed by atoms with Gasteiger partial charge in [0, 0.05) is 0 Å². The number of hydrogen-bond acceptors (Lipinski definition) is 0. The highest BCUT2D eigenvalue weighted by Gasteiger charge is 2.06. The Morgan fingerprint density at radius 2 is 1.50 bits per heavy atom. The molecule has 0 heteroatoms. The number of rotatable bonds is 10. The molecule has 0 aromatic heterocycles. The molecule has 0 radical (unpaired) electrons. The molecule has 0 N–H and O–H groups in total. The summed E-state index contributed by atoms with van der Waals surface area (Å²) in [7, 11) is 0. The second-order valence-electron chi connectivity index (χ2n) is 5.36.